The largest absolute Gasteiger partial charge is 0.507 e. The molecule has 0 aliphatic carbocycles. The summed E-state index contributed by atoms with van der Waals surface area (Å²) in [6, 6.07) is 4.60. The molecule has 0 bridgehead atoms. The zero-order valence-electron chi connectivity index (χ0n) is 7.08. The van der Waals surface area contributed by atoms with E-state index in [1.807, 2.05) is 0 Å². The Balaban J connectivity index is 2.97. The van der Waals surface area contributed by atoms with Crippen LogP contribution in [0.2, 0.25) is 0 Å². The third kappa shape index (κ3) is 1.13. The van der Waals surface area contributed by atoms with Gasteiger partial charge in [0, 0.05) is 11.6 Å². The van der Waals surface area contributed by atoms with Crippen molar-refractivity contribution in [2.24, 2.45) is 0 Å². The minimum Gasteiger partial charge on any atom is -0.507 e. The quantitative estimate of drug-likeness (QED) is 0.670. The van der Waals surface area contributed by atoms with Gasteiger partial charge in [-0.3, -0.25) is 4.98 Å². The van der Waals surface area contributed by atoms with E-state index in [4.69, 9.17) is 0 Å². The topological polar surface area (TPSA) is 33.1 Å². The van der Waals surface area contributed by atoms with Gasteiger partial charge in [-0.1, -0.05) is 0 Å². The molecule has 2 aromatic rings. The van der Waals surface area contributed by atoms with Crippen molar-refractivity contribution in [2.75, 3.05) is 0 Å². The van der Waals surface area contributed by atoms with Crippen LogP contribution in [0.1, 0.15) is 5.56 Å². The van der Waals surface area contributed by atoms with Crippen LogP contribution < -0.4 is 0 Å². The lowest BCUT2D eigenvalue weighted by atomic mass is 10.1. The van der Waals surface area contributed by atoms with Crippen molar-refractivity contribution in [1.82, 2.24) is 4.98 Å². The van der Waals surface area contributed by atoms with Crippen LogP contribution in [0, 0.1) is 12.7 Å². The van der Waals surface area contributed by atoms with Gasteiger partial charge < -0.3 is 5.11 Å². The number of aryl methyl sites for hydroxylation is 1. The number of benzene rings is 1. The summed E-state index contributed by atoms with van der Waals surface area (Å²) >= 11 is 0. The van der Waals surface area contributed by atoms with Gasteiger partial charge in [0.2, 0.25) is 0 Å². The number of aromatic nitrogens is 1. The smallest absolute Gasteiger partial charge is 0.149 e. The highest BCUT2D eigenvalue weighted by Gasteiger charge is 2.08. The highest BCUT2D eigenvalue weighted by atomic mass is 19.1. The van der Waals surface area contributed by atoms with Crippen LogP contribution in [0.4, 0.5) is 4.39 Å². The molecular weight excluding hydrogens is 169 g/mol. The molecule has 66 valence electrons. The number of phenolic OH excluding ortho intramolecular Hbond substituents is 1. The van der Waals surface area contributed by atoms with Crippen molar-refractivity contribution < 1.29 is 9.50 Å². The van der Waals surface area contributed by atoms with Crippen molar-refractivity contribution in [3.05, 3.63) is 35.8 Å². The number of phenols is 1. The van der Waals surface area contributed by atoms with Crippen molar-refractivity contribution in [3.8, 4) is 5.75 Å². The van der Waals surface area contributed by atoms with E-state index in [0.717, 1.165) is 0 Å². The summed E-state index contributed by atoms with van der Waals surface area (Å²) in [7, 11) is 0. The fraction of sp³-hybridized carbons (Fsp3) is 0.100. The number of pyridine rings is 1. The Morgan fingerprint density at radius 1 is 1.46 bits per heavy atom. The zero-order chi connectivity index (χ0) is 9.42. The summed E-state index contributed by atoms with van der Waals surface area (Å²) < 4.78 is 13.3. The Morgan fingerprint density at radius 2 is 2.23 bits per heavy atom. The number of hydrogen-bond donors (Lipinski definition) is 1. The molecule has 0 aliphatic heterocycles. The van der Waals surface area contributed by atoms with E-state index < -0.39 is 5.82 Å². The molecule has 0 fully saturated rings. The molecule has 1 aromatic heterocycles. The molecule has 0 saturated carbocycles. The lowest BCUT2D eigenvalue weighted by molar-refractivity contribution is 0.476. The third-order valence-electron chi connectivity index (χ3n) is 2.01. The summed E-state index contributed by atoms with van der Waals surface area (Å²) in [4.78, 5) is 3.85. The van der Waals surface area contributed by atoms with Gasteiger partial charge in [-0.2, -0.15) is 0 Å². The van der Waals surface area contributed by atoms with Gasteiger partial charge in [-0.15, -0.1) is 0 Å². The predicted molar refractivity (Wildman–Crippen MR) is 48.1 cm³/mol. The minimum absolute atomic E-state index is 0.101. The standard InChI is InChI=1S/C10H8FNO/c1-6-5-8(11)9-7(10(6)13)3-2-4-12-9/h2-5,13H,1H3. The number of halogens is 1. The third-order valence-corrected chi connectivity index (χ3v) is 2.01. The maximum Gasteiger partial charge on any atom is 0.149 e. The second kappa shape index (κ2) is 2.69. The molecule has 0 amide bonds. The van der Waals surface area contributed by atoms with E-state index in [0.29, 0.717) is 10.9 Å². The molecule has 2 rings (SSSR count). The SMILES string of the molecule is Cc1cc(F)c2ncccc2c1O. The zero-order valence-corrected chi connectivity index (χ0v) is 7.08. The second-order valence-corrected chi connectivity index (χ2v) is 2.92. The number of nitrogens with zero attached hydrogens (tertiary/aromatic N) is 1. The molecule has 1 N–H and O–H groups in total. The fourth-order valence-corrected chi connectivity index (χ4v) is 1.33. The average Bonchev–Trinajstić information content (AvgIpc) is 2.15. The van der Waals surface area contributed by atoms with Gasteiger partial charge in [0.05, 0.1) is 0 Å². The molecule has 0 atom stereocenters. The van der Waals surface area contributed by atoms with Gasteiger partial charge in [-0.05, 0) is 30.7 Å². The van der Waals surface area contributed by atoms with Gasteiger partial charge in [0.15, 0.2) is 0 Å². The van der Waals surface area contributed by atoms with E-state index in [-0.39, 0.29) is 11.3 Å². The average molecular weight is 177 g/mol. The van der Waals surface area contributed by atoms with Gasteiger partial charge in [0.1, 0.15) is 17.1 Å². The van der Waals surface area contributed by atoms with Crippen LogP contribution in [0.3, 0.4) is 0 Å². The summed E-state index contributed by atoms with van der Waals surface area (Å²) in [6.07, 6.45) is 1.50. The van der Waals surface area contributed by atoms with E-state index in [9.17, 15) is 9.50 Å². The van der Waals surface area contributed by atoms with Gasteiger partial charge in [0.25, 0.3) is 0 Å². The highest BCUT2D eigenvalue weighted by Crippen LogP contribution is 2.28. The highest BCUT2D eigenvalue weighted by molar-refractivity contribution is 5.86. The first-order valence-corrected chi connectivity index (χ1v) is 3.93. The van der Waals surface area contributed by atoms with Gasteiger partial charge >= 0.3 is 0 Å². The van der Waals surface area contributed by atoms with Crippen LogP contribution in [-0.2, 0) is 0 Å². The molecule has 2 nitrogen and oxygen atoms in total. The molecule has 0 unspecified atom stereocenters. The summed E-state index contributed by atoms with van der Waals surface area (Å²) in [5, 5.41) is 10.0. The summed E-state index contributed by atoms with van der Waals surface area (Å²) in [5.41, 5.74) is 0.739. The van der Waals surface area contributed by atoms with E-state index in [1.165, 1.54) is 12.3 Å². The first kappa shape index (κ1) is 7.98. The molecule has 0 aliphatic rings. The first-order chi connectivity index (χ1) is 6.20. The van der Waals surface area contributed by atoms with Crippen LogP contribution in [-0.4, -0.2) is 10.1 Å². The molecule has 13 heavy (non-hydrogen) atoms. The van der Waals surface area contributed by atoms with Crippen LogP contribution in [0.15, 0.2) is 24.4 Å². The van der Waals surface area contributed by atoms with E-state index >= 15 is 0 Å². The van der Waals surface area contributed by atoms with Crippen LogP contribution >= 0.6 is 0 Å². The summed E-state index contributed by atoms with van der Waals surface area (Å²) in [6.45, 7) is 1.66. The second-order valence-electron chi connectivity index (χ2n) is 2.92. The first-order valence-electron chi connectivity index (χ1n) is 3.93. The lowest BCUT2D eigenvalue weighted by Gasteiger charge is -2.03. The van der Waals surface area contributed by atoms with E-state index in [2.05, 4.69) is 4.98 Å². The molecule has 1 heterocycles. The van der Waals surface area contributed by atoms with Crippen molar-refractivity contribution >= 4 is 10.9 Å². The molecule has 0 saturated heterocycles. The maximum absolute atomic E-state index is 13.3. The molecule has 0 radical (unpaired) electrons. The monoisotopic (exact) mass is 177 g/mol. The molecule has 0 spiro atoms. The Kier molecular flexibility index (Phi) is 1.65. The minimum atomic E-state index is -0.397. The van der Waals surface area contributed by atoms with E-state index in [1.54, 1.807) is 19.1 Å². The Labute approximate surface area is 74.7 Å². The van der Waals surface area contributed by atoms with Gasteiger partial charge in [-0.25, -0.2) is 4.39 Å². The van der Waals surface area contributed by atoms with Crippen LogP contribution in [0.5, 0.6) is 5.75 Å². The molecule has 1 aromatic carbocycles. The summed E-state index contributed by atoms with van der Waals surface area (Å²) in [5.74, 6) is -0.296. The maximum atomic E-state index is 13.3. The number of rotatable bonds is 0. The van der Waals surface area contributed by atoms with Crippen molar-refractivity contribution in [1.29, 1.82) is 0 Å². The Morgan fingerprint density at radius 3 is 3.00 bits per heavy atom. The van der Waals surface area contributed by atoms with Crippen LogP contribution in [0.25, 0.3) is 10.9 Å². The Hall–Kier alpha value is -1.64. The van der Waals surface area contributed by atoms with Crippen molar-refractivity contribution in [3.63, 3.8) is 0 Å². The lowest BCUT2D eigenvalue weighted by Crippen LogP contribution is -1.86. The molecular formula is C10H8FNO. The number of hydrogen-bond acceptors (Lipinski definition) is 2. The number of fused-ring (bicyclic) bond motifs is 1. The predicted octanol–water partition coefficient (Wildman–Crippen LogP) is 2.39. The Bertz CT molecular complexity index is 468. The molecule has 3 heteroatoms. The number of aromatic hydroxyl groups is 1. The fourth-order valence-electron chi connectivity index (χ4n) is 1.33. The normalized spacial score (nSPS) is 10.6. The van der Waals surface area contributed by atoms with Crippen molar-refractivity contribution in [2.45, 2.75) is 6.92 Å².